The van der Waals surface area contributed by atoms with Gasteiger partial charge in [-0.25, -0.2) is 0 Å². The van der Waals surface area contributed by atoms with Gasteiger partial charge in [-0.05, 0) is 12.8 Å². The molecule has 1 saturated heterocycles. The van der Waals surface area contributed by atoms with Crippen LogP contribution in [0, 0.1) is 0 Å². The van der Waals surface area contributed by atoms with Gasteiger partial charge in [0.1, 0.15) is 6.73 Å². The molecule has 1 unspecified atom stereocenters. The van der Waals surface area contributed by atoms with Crippen LogP contribution in [0.1, 0.15) is 12.8 Å². The van der Waals surface area contributed by atoms with E-state index >= 15 is 0 Å². The van der Waals surface area contributed by atoms with Crippen LogP contribution in [0.2, 0.25) is 0 Å². The highest BCUT2D eigenvalue weighted by molar-refractivity contribution is 5.85. The SMILES string of the molecule is Cl.NC1CCCN(COC=O)C1. The normalized spacial score (nSPS) is 24.2. The van der Waals surface area contributed by atoms with Crippen LogP contribution in [0.25, 0.3) is 0 Å². The van der Waals surface area contributed by atoms with Gasteiger partial charge >= 0.3 is 0 Å². The second-order valence-electron chi connectivity index (χ2n) is 2.87. The van der Waals surface area contributed by atoms with E-state index in [1.54, 1.807) is 0 Å². The predicted molar refractivity (Wildman–Crippen MR) is 48.0 cm³/mol. The van der Waals surface area contributed by atoms with Gasteiger partial charge in [-0.3, -0.25) is 9.69 Å². The Kier molecular flexibility index (Phi) is 6.06. The van der Waals surface area contributed by atoms with Crippen LogP contribution in [-0.4, -0.2) is 37.2 Å². The molecular formula is C7H15ClN2O2. The van der Waals surface area contributed by atoms with Crippen LogP contribution >= 0.6 is 12.4 Å². The first-order valence-electron chi connectivity index (χ1n) is 3.86. The number of hydrogen-bond donors (Lipinski definition) is 1. The number of piperidine rings is 1. The van der Waals surface area contributed by atoms with E-state index in [0.717, 1.165) is 25.9 Å². The van der Waals surface area contributed by atoms with Crippen molar-refractivity contribution in [3.8, 4) is 0 Å². The van der Waals surface area contributed by atoms with Gasteiger partial charge in [0.25, 0.3) is 6.47 Å². The van der Waals surface area contributed by atoms with Gasteiger partial charge in [-0.1, -0.05) is 0 Å². The molecule has 1 heterocycles. The van der Waals surface area contributed by atoms with Gasteiger partial charge in [0, 0.05) is 19.1 Å². The fourth-order valence-corrected chi connectivity index (χ4v) is 1.34. The molecular weight excluding hydrogens is 180 g/mol. The summed E-state index contributed by atoms with van der Waals surface area (Å²) >= 11 is 0. The van der Waals surface area contributed by atoms with E-state index < -0.39 is 0 Å². The molecule has 0 amide bonds. The van der Waals surface area contributed by atoms with Crippen molar-refractivity contribution in [3.63, 3.8) is 0 Å². The molecule has 0 aliphatic carbocycles. The summed E-state index contributed by atoms with van der Waals surface area (Å²) in [5.41, 5.74) is 5.71. The summed E-state index contributed by atoms with van der Waals surface area (Å²) in [5.74, 6) is 0. The second kappa shape index (κ2) is 6.22. The van der Waals surface area contributed by atoms with Gasteiger partial charge in [0.2, 0.25) is 0 Å². The molecule has 0 spiro atoms. The van der Waals surface area contributed by atoms with Crippen molar-refractivity contribution in [1.29, 1.82) is 0 Å². The molecule has 1 fully saturated rings. The van der Waals surface area contributed by atoms with E-state index in [1.165, 1.54) is 0 Å². The van der Waals surface area contributed by atoms with Crippen molar-refractivity contribution in [2.45, 2.75) is 18.9 Å². The van der Waals surface area contributed by atoms with Crippen LogP contribution in [0.5, 0.6) is 0 Å². The third-order valence-electron chi connectivity index (χ3n) is 1.87. The number of halogens is 1. The smallest absolute Gasteiger partial charge is 0.294 e. The van der Waals surface area contributed by atoms with Crippen LogP contribution in [-0.2, 0) is 9.53 Å². The molecule has 4 nitrogen and oxygen atoms in total. The molecule has 5 heteroatoms. The summed E-state index contributed by atoms with van der Waals surface area (Å²) in [6, 6.07) is 0.249. The van der Waals surface area contributed by atoms with E-state index in [-0.39, 0.29) is 18.4 Å². The molecule has 0 aromatic carbocycles. The van der Waals surface area contributed by atoms with Crippen LogP contribution < -0.4 is 5.73 Å². The van der Waals surface area contributed by atoms with E-state index in [0.29, 0.717) is 13.2 Å². The maximum Gasteiger partial charge on any atom is 0.294 e. The predicted octanol–water partition coefficient (Wildman–Crippen LogP) is -0.0382. The summed E-state index contributed by atoms with van der Waals surface area (Å²) in [6.45, 7) is 2.69. The lowest BCUT2D eigenvalue weighted by Crippen LogP contribution is -2.43. The number of nitrogens with two attached hydrogens (primary N) is 1. The standard InChI is InChI=1S/C7H14N2O2.ClH/c8-7-2-1-3-9(4-7)5-11-6-10;/h6-7H,1-5,8H2;1H. The minimum Gasteiger partial charge on any atom is -0.452 e. The van der Waals surface area contributed by atoms with Crippen molar-refractivity contribution in [3.05, 3.63) is 0 Å². The molecule has 1 atom stereocenters. The van der Waals surface area contributed by atoms with Gasteiger partial charge < -0.3 is 10.5 Å². The van der Waals surface area contributed by atoms with Gasteiger partial charge in [-0.15, -0.1) is 12.4 Å². The van der Waals surface area contributed by atoms with Crippen molar-refractivity contribution >= 4 is 18.9 Å². The molecule has 12 heavy (non-hydrogen) atoms. The Bertz CT molecular complexity index is 135. The number of carbonyl (C=O) groups is 1. The summed E-state index contributed by atoms with van der Waals surface area (Å²) in [4.78, 5) is 11.9. The molecule has 2 N–H and O–H groups in total. The van der Waals surface area contributed by atoms with Crippen molar-refractivity contribution in [1.82, 2.24) is 4.90 Å². The Labute approximate surface area is 78.5 Å². The Morgan fingerprint density at radius 2 is 2.42 bits per heavy atom. The Hall–Kier alpha value is -0.320. The van der Waals surface area contributed by atoms with Crippen LogP contribution in [0.3, 0.4) is 0 Å². The van der Waals surface area contributed by atoms with Crippen molar-refractivity contribution < 1.29 is 9.53 Å². The maximum absolute atomic E-state index is 9.85. The monoisotopic (exact) mass is 194 g/mol. The minimum atomic E-state index is 0. The number of hydrogen-bond acceptors (Lipinski definition) is 4. The quantitative estimate of drug-likeness (QED) is 0.641. The fraction of sp³-hybridized carbons (Fsp3) is 0.857. The molecule has 1 aliphatic rings. The molecule has 0 aromatic rings. The van der Waals surface area contributed by atoms with E-state index in [1.807, 2.05) is 4.90 Å². The van der Waals surface area contributed by atoms with E-state index in [2.05, 4.69) is 4.74 Å². The minimum absolute atomic E-state index is 0. The first kappa shape index (κ1) is 11.7. The zero-order chi connectivity index (χ0) is 8.10. The first-order chi connectivity index (χ1) is 5.33. The number of nitrogens with zero attached hydrogens (tertiary/aromatic N) is 1. The van der Waals surface area contributed by atoms with Gasteiger partial charge in [-0.2, -0.15) is 0 Å². The summed E-state index contributed by atoms with van der Waals surface area (Å²) < 4.78 is 4.61. The molecule has 1 aliphatic heterocycles. The summed E-state index contributed by atoms with van der Waals surface area (Å²) in [7, 11) is 0. The third kappa shape index (κ3) is 3.90. The topological polar surface area (TPSA) is 55.6 Å². The van der Waals surface area contributed by atoms with E-state index in [4.69, 9.17) is 5.73 Å². The van der Waals surface area contributed by atoms with Crippen LogP contribution in [0.15, 0.2) is 0 Å². The van der Waals surface area contributed by atoms with E-state index in [9.17, 15) is 4.79 Å². The lowest BCUT2D eigenvalue weighted by atomic mass is 10.1. The number of likely N-dealkylation sites (tertiary alicyclic amines) is 1. The summed E-state index contributed by atoms with van der Waals surface area (Å²) in [5, 5.41) is 0. The maximum atomic E-state index is 9.85. The molecule has 0 bridgehead atoms. The Morgan fingerprint density at radius 3 is 3.00 bits per heavy atom. The highest BCUT2D eigenvalue weighted by Crippen LogP contribution is 2.06. The summed E-state index contributed by atoms with van der Waals surface area (Å²) in [6.07, 6.45) is 2.18. The molecule has 0 aromatic heterocycles. The zero-order valence-electron chi connectivity index (χ0n) is 6.94. The van der Waals surface area contributed by atoms with Gasteiger partial charge in [0.05, 0.1) is 0 Å². The number of carbonyl (C=O) groups excluding carboxylic acids is 1. The highest BCUT2D eigenvalue weighted by atomic mass is 35.5. The highest BCUT2D eigenvalue weighted by Gasteiger charge is 2.15. The Balaban J connectivity index is 0.00000121. The largest absolute Gasteiger partial charge is 0.452 e. The zero-order valence-corrected chi connectivity index (χ0v) is 7.76. The van der Waals surface area contributed by atoms with Crippen molar-refractivity contribution in [2.75, 3.05) is 19.8 Å². The third-order valence-corrected chi connectivity index (χ3v) is 1.87. The van der Waals surface area contributed by atoms with Crippen molar-refractivity contribution in [2.24, 2.45) is 5.73 Å². The second-order valence-corrected chi connectivity index (χ2v) is 2.87. The Morgan fingerprint density at radius 1 is 1.67 bits per heavy atom. The average molecular weight is 195 g/mol. The number of ether oxygens (including phenoxy) is 1. The van der Waals surface area contributed by atoms with Gasteiger partial charge in [0.15, 0.2) is 0 Å². The van der Waals surface area contributed by atoms with Crippen LogP contribution in [0.4, 0.5) is 0 Å². The lowest BCUT2D eigenvalue weighted by Gasteiger charge is -2.29. The fourth-order valence-electron chi connectivity index (χ4n) is 1.34. The number of rotatable bonds is 3. The molecule has 0 saturated carbocycles. The molecule has 72 valence electrons. The first-order valence-corrected chi connectivity index (χ1v) is 3.86. The molecule has 1 rings (SSSR count). The average Bonchev–Trinajstić information content (AvgIpc) is 2.01. The molecule has 0 radical (unpaired) electrons. The lowest BCUT2D eigenvalue weighted by molar-refractivity contribution is -0.133.